The van der Waals surface area contributed by atoms with E-state index in [2.05, 4.69) is 22.3 Å². The molecule has 5 heteroatoms. The molecule has 1 fully saturated rings. The van der Waals surface area contributed by atoms with Crippen LogP contribution in [-0.2, 0) is 17.6 Å². The molecule has 0 aromatic heterocycles. The fourth-order valence-corrected chi connectivity index (χ4v) is 4.49. The summed E-state index contributed by atoms with van der Waals surface area (Å²) in [5.74, 6) is 0.0319. The molecule has 1 heterocycles. The average molecular weight is 335 g/mol. The van der Waals surface area contributed by atoms with Crippen molar-refractivity contribution in [3.8, 4) is 0 Å². The lowest BCUT2D eigenvalue weighted by Gasteiger charge is -2.20. The monoisotopic (exact) mass is 334 g/mol. The molecular weight excluding hydrogens is 312 g/mol. The van der Waals surface area contributed by atoms with Gasteiger partial charge in [-0.2, -0.15) is 0 Å². The quantitative estimate of drug-likeness (QED) is 0.856. The molecule has 1 aliphatic heterocycles. The van der Waals surface area contributed by atoms with Crippen molar-refractivity contribution in [2.75, 3.05) is 18.4 Å². The number of hydrogen-bond acceptors (Lipinski definition) is 3. The Labute approximate surface area is 141 Å². The maximum Gasteiger partial charge on any atom is 0.237 e. The van der Waals surface area contributed by atoms with Crippen molar-refractivity contribution in [1.29, 1.82) is 0 Å². The Morgan fingerprint density at radius 1 is 1.23 bits per heavy atom. The normalized spacial score (nSPS) is 18.1. The van der Waals surface area contributed by atoms with Gasteiger partial charge in [0.25, 0.3) is 0 Å². The minimum atomic E-state index is -0.165. The van der Waals surface area contributed by atoms with Crippen LogP contribution in [0.3, 0.4) is 0 Å². The molecule has 0 unspecified atom stereocenters. The van der Waals surface area contributed by atoms with Crippen molar-refractivity contribution >= 4 is 39.9 Å². The number of benzene rings is 1. The zero-order valence-electron chi connectivity index (χ0n) is 12.9. The average Bonchev–Trinajstić information content (AvgIpc) is 3.18. The van der Waals surface area contributed by atoms with E-state index >= 15 is 0 Å². The first-order valence-corrected chi connectivity index (χ1v) is 9.30. The fraction of sp³-hybridized carbons (Fsp3) is 0.529. The zero-order valence-corrected chi connectivity index (χ0v) is 14.6. The van der Waals surface area contributed by atoms with Crippen molar-refractivity contribution in [3.05, 3.63) is 29.3 Å². The van der Waals surface area contributed by atoms with Crippen LogP contribution in [0.5, 0.6) is 0 Å². The van der Waals surface area contributed by atoms with Gasteiger partial charge in [-0.25, -0.2) is 0 Å². The molecule has 1 amide bonds. The van der Waals surface area contributed by atoms with E-state index in [4.69, 9.17) is 12.2 Å². The number of carbonyl (C=O) groups is 1. The van der Waals surface area contributed by atoms with Crippen molar-refractivity contribution in [1.82, 2.24) is 4.90 Å². The smallest absolute Gasteiger partial charge is 0.237 e. The molecule has 1 saturated heterocycles. The molecule has 0 bridgehead atoms. The van der Waals surface area contributed by atoms with Crippen LogP contribution in [-0.4, -0.2) is 33.5 Å². The van der Waals surface area contributed by atoms with Crippen LogP contribution >= 0.6 is 24.0 Å². The molecule has 1 aromatic carbocycles. The summed E-state index contributed by atoms with van der Waals surface area (Å²) in [6, 6.07) is 6.28. The predicted molar refractivity (Wildman–Crippen MR) is 97.6 cm³/mol. The van der Waals surface area contributed by atoms with Gasteiger partial charge in [0.1, 0.15) is 4.32 Å². The second-order valence-corrected chi connectivity index (χ2v) is 8.02. The highest BCUT2D eigenvalue weighted by molar-refractivity contribution is 8.23. The number of hydrogen-bond donors (Lipinski definition) is 1. The van der Waals surface area contributed by atoms with E-state index in [-0.39, 0.29) is 11.2 Å². The number of aryl methyl sites for hydroxylation is 2. The van der Waals surface area contributed by atoms with E-state index in [0.29, 0.717) is 0 Å². The molecule has 0 radical (unpaired) electrons. The number of nitrogens with zero attached hydrogens (tertiary/aromatic N) is 1. The number of thioether (sulfide) groups is 1. The molecule has 118 valence electrons. The number of carbonyl (C=O) groups excluding carboxylic acids is 1. The van der Waals surface area contributed by atoms with Gasteiger partial charge in [0.05, 0.1) is 5.25 Å². The third-order valence-corrected chi connectivity index (χ3v) is 5.95. The molecule has 1 N–H and O–H groups in total. The van der Waals surface area contributed by atoms with Gasteiger partial charge in [0.15, 0.2) is 0 Å². The molecule has 1 aromatic rings. The van der Waals surface area contributed by atoms with E-state index in [9.17, 15) is 4.79 Å². The summed E-state index contributed by atoms with van der Waals surface area (Å²) >= 11 is 6.94. The number of fused-ring (bicyclic) bond motifs is 1. The topological polar surface area (TPSA) is 32.3 Å². The van der Waals surface area contributed by atoms with E-state index in [1.165, 1.54) is 48.6 Å². The summed E-state index contributed by atoms with van der Waals surface area (Å²) in [5.41, 5.74) is 3.71. The van der Waals surface area contributed by atoms with Gasteiger partial charge in [0, 0.05) is 18.8 Å². The SMILES string of the molecule is C[C@@H](SC(=S)N1CCCC1)C(=O)Nc1ccc2c(c1)CCC2. The van der Waals surface area contributed by atoms with Crippen LogP contribution in [0.1, 0.15) is 37.3 Å². The molecule has 2 aliphatic rings. The fourth-order valence-electron chi connectivity index (χ4n) is 3.07. The predicted octanol–water partition coefficient (Wildman–Crippen LogP) is 3.62. The van der Waals surface area contributed by atoms with Crippen LogP contribution in [0.4, 0.5) is 5.69 Å². The lowest BCUT2D eigenvalue weighted by Crippen LogP contribution is -2.29. The van der Waals surface area contributed by atoms with E-state index in [1.54, 1.807) is 0 Å². The number of nitrogens with one attached hydrogen (secondary N) is 1. The van der Waals surface area contributed by atoms with Gasteiger partial charge in [-0.3, -0.25) is 4.79 Å². The van der Waals surface area contributed by atoms with E-state index < -0.39 is 0 Å². The highest BCUT2D eigenvalue weighted by Crippen LogP contribution is 2.26. The molecule has 0 saturated carbocycles. The Bertz CT molecular complexity index is 582. The highest BCUT2D eigenvalue weighted by Gasteiger charge is 2.21. The molecule has 22 heavy (non-hydrogen) atoms. The Balaban J connectivity index is 1.55. The molecule has 3 rings (SSSR count). The Morgan fingerprint density at radius 3 is 2.73 bits per heavy atom. The lowest BCUT2D eigenvalue weighted by molar-refractivity contribution is -0.115. The number of likely N-dealkylation sites (tertiary alicyclic amines) is 1. The van der Waals surface area contributed by atoms with Crippen LogP contribution in [0.2, 0.25) is 0 Å². The number of anilines is 1. The first-order chi connectivity index (χ1) is 10.6. The van der Waals surface area contributed by atoms with Gasteiger partial charge in [-0.15, -0.1) is 0 Å². The minimum Gasteiger partial charge on any atom is -0.358 e. The summed E-state index contributed by atoms with van der Waals surface area (Å²) in [4.78, 5) is 14.6. The van der Waals surface area contributed by atoms with Gasteiger partial charge in [-0.05, 0) is 62.3 Å². The van der Waals surface area contributed by atoms with Crippen molar-refractivity contribution in [3.63, 3.8) is 0 Å². The third kappa shape index (κ3) is 3.63. The summed E-state index contributed by atoms with van der Waals surface area (Å²) in [7, 11) is 0. The highest BCUT2D eigenvalue weighted by atomic mass is 32.2. The van der Waals surface area contributed by atoms with Gasteiger partial charge < -0.3 is 10.2 Å². The van der Waals surface area contributed by atoms with E-state index in [0.717, 1.165) is 29.5 Å². The summed E-state index contributed by atoms with van der Waals surface area (Å²) in [6.45, 7) is 3.99. The molecule has 1 atom stereocenters. The number of rotatable bonds is 3. The second kappa shape index (κ2) is 7.01. The molecule has 0 spiro atoms. The second-order valence-electron chi connectivity index (χ2n) is 6.05. The molecule has 1 aliphatic carbocycles. The Hall–Kier alpha value is -1.07. The number of amides is 1. The maximum atomic E-state index is 12.4. The van der Waals surface area contributed by atoms with Crippen molar-refractivity contribution in [2.24, 2.45) is 0 Å². The zero-order chi connectivity index (χ0) is 15.5. The van der Waals surface area contributed by atoms with Crippen molar-refractivity contribution in [2.45, 2.75) is 44.3 Å². The van der Waals surface area contributed by atoms with Crippen LogP contribution in [0.15, 0.2) is 18.2 Å². The van der Waals surface area contributed by atoms with Gasteiger partial charge >= 0.3 is 0 Å². The standard InChI is InChI=1S/C17H22N2OS2/c1-12(22-17(21)19-9-2-3-10-19)16(20)18-15-8-7-13-5-4-6-14(13)11-15/h7-8,11-12H,2-6,9-10H2,1H3,(H,18,20)/t12-/m1/s1. The third-order valence-electron chi connectivity index (χ3n) is 4.38. The van der Waals surface area contributed by atoms with Crippen molar-refractivity contribution < 1.29 is 4.79 Å². The minimum absolute atomic E-state index is 0.0319. The lowest BCUT2D eigenvalue weighted by atomic mass is 10.1. The Morgan fingerprint density at radius 2 is 1.95 bits per heavy atom. The van der Waals surface area contributed by atoms with Crippen LogP contribution in [0.25, 0.3) is 0 Å². The van der Waals surface area contributed by atoms with E-state index in [1.807, 2.05) is 13.0 Å². The van der Waals surface area contributed by atoms with Crippen LogP contribution in [0, 0.1) is 0 Å². The van der Waals surface area contributed by atoms with Gasteiger partial charge in [-0.1, -0.05) is 30.0 Å². The Kier molecular flexibility index (Phi) is 5.03. The summed E-state index contributed by atoms with van der Waals surface area (Å²) in [5, 5.41) is 2.86. The maximum absolute atomic E-state index is 12.4. The molecular formula is C17H22N2OS2. The van der Waals surface area contributed by atoms with Crippen LogP contribution < -0.4 is 5.32 Å². The first-order valence-electron chi connectivity index (χ1n) is 8.02. The molecule has 3 nitrogen and oxygen atoms in total. The number of thiocarbonyl (C=S) groups is 1. The van der Waals surface area contributed by atoms with Gasteiger partial charge in [0.2, 0.25) is 5.91 Å². The first kappa shape index (κ1) is 15.8. The summed E-state index contributed by atoms with van der Waals surface area (Å²) < 4.78 is 0.856. The largest absolute Gasteiger partial charge is 0.358 e. The summed E-state index contributed by atoms with van der Waals surface area (Å²) in [6.07, 6.45) is 5.93.